The maximum Gasteiger partial charge on any atom is 0.332 e. The lowest BCUT2D eigenvalue weighted by Crippen LogP contribution is -2.46. The molecule has 10 heteroatoms. The summed E-state index contributed by atoms with van der Waals surface area (Å²) in [5.74, 6) is -2.03. The number of likely N-dealkylation sites (tertiary alicyclic amines) is 1. The van der Waals surface area contributed by atoms with E-state index in [0.29, 0.717) is 37.8 Å². The van der Waals surface area contributed by atoms with Crippen molar-refractivity contribution in [2.45, 2.75) is 63.3 Å². The standard InChI is InChI=1S/C21H31N2O7P/c1-15(14-18(24)16-8-3-2-4-9-16)31(28,29)30-19(11-5-6-12-22)20(25)23-13-7-10-17(23)21(26)27/h2-4,8-9,15,17,19H,5-7,10-14,22H2,1H3,(H,26,27)(H,28,29)/t15?,17-,19?/m0/s1. The van der Waals surface area contributed by atoms with Gasteiger partial charge in [-0.15, -0.1) is 0 Å². The van der Waals surface area contributed by atoms with Crippen LogP contribution >= 0.6 is 7.60 Å². The number of hydrogen-bond donors (Lipinski definition) is 3. The molecule has 0 aliphatic carbocycles. The van der Waals surface area contributed by atoms with Crippen molar-refractivity contribution in [3.63, 3.8) is 0 Å². The first-order valence-electron chi connectivity index (χ1n) is 10.5. The van der Waals surface area contributed by atoms with E-state index in [1.807, 2.05) is 0 Å². The zero-order chi connectivity index (χ0) is 23.0. The first-order valence-corrected chi connectivity index (χ1v) is 12.1. The summed E-state index contributed by atoms with van der Waals surface area (Å²) < 4.78 is 18.3. The van der Waals surface area contributed by atoms with Crippen LogP contribution in [0.15, 0.2) is 30.3 Å². The molecule has 0 aromatic heterocycles. The fourth-order valence-corrected chi connectivity index (χ4v) is 4.74. The minimum Gasteiger partial charge on any atom is -0.480 e. The van der Waals surface area contributed by atoms with Gasteiger partial charge < -0.3 is 20.6 Å². The van der Waals surface area contributed by atoms with Crippen LogP contribution in [0.5, 0.6) is 0 Å². The first-order chi connectivity index (χ1) is 14.7. The third-order valence-electron chi connectivity index (χ3n) is 5.43. The van der Waals surface area contributed by atoms with Crippen molar-refractivity contribution in [2.24, 2.45) is 5.73 Å². The SMILES string of the molecule is CC(CC(=O)c1ccccc1)P(=O)(O)OC(CCCCN)C(=O)N1CCC[C@H]1C(=O)O. The number of carboxylic acid groups (broad SMARTS) is 1. The molecule has 0 radical (unpaired) electrons. The monoisotopic (exact) mass is 454 g/mol. The summed E-state index contributed by atoms with van der Waals surface area (Å²) in [5, 5.41) is 9.36. The Balaban J connectivity index is 2.12. The summed E-state index contributed by atoms with van der Waals surface area (Å²) >= 11 is 0. The van der Waals surface area contributed by atoms with Crippen LogP contribution in [-0.2, 0) is 18.7 Å². The van der Waals surface area contributed by atoms with E-state index in [2.05, 4.69) is 0 Å². The molecule has 0 bridgehead atoms. The van der Waals surface area contributed by atoms with Crippen molar-refractivity contribution in [3.05, 3.63) is 35.9 Å². The van der Waals surface area contributed by atoms with Gasteiger partial charge in [0, 0.05) is 18.5 Å². The molecule has 0 spiro atoms. The van der Waals surface area contributed by atoms with Crippen molar-refractivity contribution in [2.75, 3.05) is 13.1 Å². The molecule has 1 heterocycles. The maximum atomic E-state index is 13.0. The van der Waals surface area contributed by atoms with Crippen molar-refractivity contribution in [1.29, 1.82) is 0 Å². The largest absolute Gasteiger partial charge is 0.480 e. The topological polar surface area (TPSA) is 147 Å². The van der Waals surface area contributed by atoms with E-state index in [-0.39, 0.29) is 25.2 Å². The molecular formula is C21H31N2O7P. The van der Waals surface area contributed by atoms with Gasteiger partial charge in [-0.1, -0.05) is 37.3 Å². The van der Waals surface area contributed by atoms with Crippen molar-refractivity contribution >= 4 is 25.3 Å². The lowest BCUT2D eigenvalue weighted by molar-refractivity contribution is -0.151. The number of nitrogens with zero attached hydrogens (tertiary/aromatic N) is 1. The molecule has 0 saturated carbocycles. The van der Waals surface area contributed by atoms with Gasteiger partial charge in [-0.2, -0.15) is 0 Å². The van der Waals surface area contributed by atoms with Gasteiger partial charge in [-0.05, 0) is 38.6 Å². The summed E-state index contributed by atoms with van der Waals surface area (Å²) in [6, 6.07) is 7.44. The molecule has 172 valence electrons. The number of Topliss-reactive ketones (excluding diaryl/α,β-unsaturated/α-hetero) is 1. The minimum atomic E-state index is -4.35. The van der Waals surface area contributed by atoms with Crippen LogP contribution in [0, 0.1) is 0 Å². The molecule has 1 aromatic rings. The third kappa shape index (κ3) is 6.97. The van der Waals surface area contributed by atoms with Gasteiger partial charge in [0.1, 0.15) is 12.1 Å². The van der Waals surface area contributed by atoms with Crippen molar-refractivity contribution in [3.8, 4) is 0 Å². The second-order valence-corrected chi connectivity index (χ2v) is 10.0. The summed E-state index contributed by atoms with van der Waals surface area (Å²) in [7, 11) is -4.35. The lowest BCUT2D eigenvalue weighted by Gasteiger charge is -2.29. The fraction of sp³-hybridized carbons (Fsp3) is 0.571. The normalized spacial score (nSPS) is 20.1. The number of carboxylic acids is 1. The second-order valence-electron chi connectivity index (χ2n) is 7.81. The Hall–Kier alpha value is -2.06. The summed E-state index contributed by atoms with van der Waals surface area (Å²) in [5.41, 5.74) is 4.90. The van der Waals surface area contributed by atoms with E-state index in [0.717, 1.165) is 0 Å². The van der Waals surface area contributed by atoms with Gasteiger partial charge in [-0.25, -0.2) is 4.79 Å². The van der Waals surface area contributed by atoms with Crippen LogP contribution in [0.4, 0.5) is 0 Å². The van der Waals surface area contributed by atoms with Crippen LogP contribution in [0.3, 0.4) is 0 Å². The Bertz CT molecular complexity index is 817. The molecule has 31 heavy (non-hydrogen) atoms. The molecule has 1 amide bonds. The maximum absolute atomic E-state index is 13.0. The average Bonchev–Trinajstić information content (AvgIpc) is 3.23. The molecule has 1 saturated heterocycles. The predicted octanol–water partition coefficient (Wildman–Crippen LogP) is 2.42. The third-order valence-corrected chi connectivity index (χ3v) is 7.28. The number of carbonyl (C=O) groups is 3. The van der Waals surface area contributed by atoms with Gasteiger partial charge in [0.15, 0.2) is 5.78 Å². The van der Waals surface area contributed by atoms with Gasteiger partial charge >= 0.3 is 13.6 Å². The van der Waals surface area contributed by atoms with E-state index in [1.54, 1.807) is 30.3 Å². The molecule has 1 aliphatic heterocycles. The number of aliphatic carboxylic acids is 1. The molecule has 4 N–H and O–H groups in total. The first kappa shape index (κ1) is 25.2. The molecular weight excluding hydrogens is 423 g/mol. The van der Waals surface area contributed by atoms with Gasteiger partial charge in [0.2, 0.25) is 0 Å². The summed E-state index contributed by atoms with van der Waals surface area (Å²) in [4.78, 5) is 48.6. The Morgan fingerprint density at radius 3 is 2.55 bits per heavy atom. The highest BCUT2D eigenvalue weighted by molar-refractivity contribution is 7.53. The molecule has 2 rings (SSSR count). The zero-order valence-electron chi connectivity index (χ0n) is 17.7. The number of carbonyl (C=O) groups excluding carboxylic acids is 2. The summed E-state index contributed by atoms with van der Waals surface area (Å²) in [6.45, 7) is 2.07. The average molecular weight is 454 g/mol. The molecule has 1 aromatic carbocycles. The predicted molar refractivity (Wildman–Crippen MR) is 115 cm³/mol. The molecule has 1 aliphatic rings. The highest BCUT2D eigenvalue weighted by atomic mass is 31.2. The number of amides is 1. The lowest BCUT2D eigenvalue weighted by atomic mass is 10.1. The molecule has 3 unspecified atom stereocenters. The Kier molecular flexibility index (Phi) is 9.37. The number of benzene rings is 1. The van der Waals surface area contributed by atoms with Crippen LogP contribution < -0.4 is 5.73 Å². The van der Waals surface area contributed by atoms with Crippen molar-refractivity contribution in [1.82, 2.24) is 4.90 Å². The number of ketones is 1. The Morgan fingerprint density at radius 1 is 1.26 bits per heavy atom. The van der Waals surface area contributed by atoms with Crippen LogP contribution in [-0.4, -0.2) is 63.5 Å². The molecule has 4 atom stereocenters. The smallest absolute Gasteiger partial charge is 0.332 e. The van der Waals surface area contributed by atoms with Crippen LogP contribution in [0.25, 0.3) is 0 Å². The van der Waals surface area contributed by atoms with Gasteiger partial charge in [0.05, 0.1) is 5.66 Å². The molecule has 1 fully saturated rings. The van der Waals surface area contributed by atoms with E-state index >= 15 is 0 Å². The number of unbranched alkanes of at least 4 members (excludes halogenated alkanes) is 1. The molecule has 9 nitrogen and oxygen atoms in total. The van der Waals surface area contributed by atoms with E-state index in [9.17, 15) is 28.9 Å². The van der Waals surface area contributed by atoms with E-state index < -0.39 is 37.3 Å². The van der Waals surface area contributed by atoms with Crippen LogP contribution in [0.1, 0.15) is 55.8 Å². The number of nitrogens with two attached hydrogens (primary N) is 1. The highest BCUT2D eigenvalue weighted by Gasteiger charge is 2.41. The minimum absolute atomic E-state index is 0.142. The Morgan fingerprint density at radius 2 is 1.94 bits per heavy atom. The van der Waals surface area contributed by atoms with Crippen LogP contribution in [0.2, 0.25) is 0 Å². The van der Waals surface area contributed by atoms with Gasteiger partial charge in [-0.3, -0.25) is 18.7 Å². The fourth-order valence-electron chi connectivity index (χ4n) is 3.58. The number of rotatable bonds is 12. The Labute approximate surface area is 182 Å². The van der Waals surface area contributed by atoms with Gasteiger partial charge in [0.25, 0.3) is 5.91 Å². The van der Waals surface area contributed by atoms with E-state index in [4.69, 9.17) is 10.3 Å². The summed E-state index contributed by atoms with van der Waals surface area (Å²) in [6.07, 6.45) is 0.595. The van der Waals surface area contributed by atoms with Crippen molar-refractivity contribution < 1.29 is 33.5 Å². The second kappa shape index (κ2) is 11.5. The van der Waals surface area contributed by atoms with E-state index in [1.165, 1.54) is 11.8 Å². The zero-order valence-corrected chi connectivity index (χ0v) is 18.6. The quantitative estimate of drug-likeness (QED) is 0.248. The number of hydrogen-bond acceptors (Lipinski definition) is 6. The highest BCUT2D eigenvalue weighted by Crippen LogP contribution is 2.51.